The van der Waals surface area contributed by atoms with Gasteiger partial charge < -0.3 is 5.32 Å². The Balaban J connectivity index is 1.88. The molecule has 0 aliphatic carbocycles. The van der Waals surface area contributed by atoms with Crippen LogP contribution in [0.25, 0.3) is 0 Å². The van der Waals surface area contributed by atoms with E-state index in [9.17, 15) is 0 Å². The molecule has 5 heteroatoms. The molecule has 0 radical (unpaired) electrons. The van der Waals surface area contributed by atoms with Crippen LogP contribution in [0.5, 0.6) is 0 Å². The van der Waals surface area contributed by atoms with Gasteiger partial charge in [-0.15, -0.1) is 0 Å². The van der Waals surface area contributed by atoms with Gasteiger partial charge in [0.25, 0.3) is 0 Å². The maximum absolute atomic E-state index is 4.20. The lowest BCUT2D eigenvalue weighted by atomic mass is 10.1. The Morgan fingerprint density at radius 2 is 2.57 bits per heavy atom. The number of hydrogen-bond acceptors (Lipinski definition) is 4. The minimum absolute atomic E-state index is 0.811. The molecule has 1 aromatic rings. The molecule has 1 fully saturated rings. The Bertz CT molecular complexity index is 302. The first-order valence-electron chi connectivity index (χ1n) is 4.63. The molecule has 0 saturated carbocycles. The van der Waals surface area contributed by atoms with E-state index in [1.54, 1.807) is 6.33 Å². The molecule has 1 aromatic heterocycles. The molecule has 1 unspecified atom stereocenters. The van der Waals surface area contributed by atoms with Gasteiger partial charge in [-0.1, -0.05) is 0 Å². The van der Waals surface area contributed by atoms with Crippen molar-refractivity contribution < 1.29 is 0 Å². The fraction of sp³-hybridized carbons (Fsp3) is 0.556. The SMILES string of the molecule is Ic1cncnc1NCC1CCSC1. The summed E-state index contributed by atoms with van der Waals surface area (Å²) in [5.41, 5.74) is 0. The Kier molecular flexibility index (Phi) is 3.86. The fourth-order valence-corrected chi connectivity index (χ4v) is 3.20. The summed E-state index contributed by atoms with van der Waals surface area (Å²) in [4.78, 5) is 8.16. The van der Waals surface area contributed by atoms with Gasteiger partial charge in [0.1, 0.15) is 12.1 Å². The molecule has 1 atom stereocenters. The number of thioether (sulfide) groups is 1. The predicted octanol–water partition coefficient (Wildman–Crippen LogP) is 2.25. The lowest BCUT2D eigenvalue weighted by Crippen LogP contribution is -2.15. The van der Waals surface area contributed by atoms with Gasteiger partial charge >= 0.3 is 0 Å². The first-order chi connectivity index (χ1) is 6.86. The van der Waals surface area contributed by atoms with E-state index in [1.807, 2.05) is 18.0 Å². The summed E-state index contributed by atoms with van der Waals surface area (Å²) in [6.07, 6.45) is 4.76. The maximum Gasteiger partial charge on any atom is 0.142 e. The van der Waals surface area contributed by atoms with Crippen LogP contribution < -0.4 is 5.32 Å². The third-order valence-corrected chi connectivity index (χ3v) is 4.27. The van der Waals surface area contributed by atoms with Crippen LogP contribution in [-0.2, 0) is 0 Å². The average Bonchev–Trinajstić information content (AvgIpc) is 2.69. The molecule has 2 heterocycles. The van der Waals surface area contributed by atoms with Crippen molar-refractivity contribution >= 4 is 40.2 Å². The van der Waals surface area contributed by atoms with Gasteiger partial charge in [0.05, 0.1) is 3.57 Å². The molecule has 1 aliphatic heterocycles. The van der Waals surface area contributed by atoms with E-state index in [0.29, 0.717) is 0 Å². The highest BCUT2D eigenvalue weighted by molar-refractivity contribution is 14.1. The largest absolute Gasteiger partial charge is 0.369 e. The fourth-order valence-electron chi connectivity index (χ4n) is 1.43. The molecule has 14 heavy (non-hydrogen) atoms. The second-order valence-electron chi connectivity index (χ2n) is 3.33. The van der Waals surface area contributed by atoms with Crippen LogP contribution in [0.2, 0.25) is 0 Å². The van der Waals surface area contributed by atoms with Crippen LogP contribution in [-0.4, -0.2) is 28.0 Å². The van der Waals surface area contributed by atoms with Crippen molar-refractivity contribution in [2.24, 2.45) is 5.92 Å². The van der Waals surface area contributed by atoms with E-state index >= 15 is 0 Å². The highest BCUT2D eigenvalue weighted by Gasteiger charge is 2.15. The molecule has 0 aromatic carbocycles. The molecule has 0 spiro atoms. The Hall–Kier alpha value is -0.0400. The lowest BCUT2D eigenvalue weighted by Gasteiger charge is -2.10. The summed E-state index contributed by atoms with van der Waals surface area (Å²) in [7, 11) is 0. The zero-order valence-electron chi connectivity index (χ0n) is 7.74. The van der Waals surface area contributed by atoms with Crippen molar-refractivity contribution in [3.8, 4) is 0 Å². The Morgan fingerprint density at radius 3 is 3.29 bits per heavy atom. The standard InChI is InChI=1S/C9H12IN3S/c10-8-4-11-6-13-9(8)12-3-7-1-2-14-5-7/h4,6-7H,1-3,5H2,(H,11,12,13). The third-order valence-electron chi connectivity index (χ3n) is 2.25. The smallest absolute Gasteiger partial charge is 0.142 e. The van der Waals surface area contributed by atoms with E-state index in [0.717, 1.165) is 21.9 Å². The van der Waals surface area contributed by atoms with Crippen LogP contribution in [0.3, 0.4) is 0 Å². The van der Waals surface area contributed by atoms with Gasteiger partial charge in [-0.25, -0.2) is 9.97 Å². The van der Waals surface area contributed by atoms with Crippen LogP contribution in [0.1, 0.15) is 6.42 Å². The maximum atomic E-state index is 4.20. The molecule has 3 nitrogen and oxygen atoms in total. The number of rotatable bonds is 3. The first kappa shape index (κ1) is 10.5. The Labute approximate surface area is 102 Å². The van der Waals surface area contributed by atoms with Gasteiger partial charge in [-0.2, -0.15) is 11.8 Å². The summed E-state index contributed by atoms with van der Waals surface area (Å²) in [5.74, 6) is 4.38. The second-order valence-corrected chi connectivity index (χ2v) is 5.64. The molecule has 2 rings (SSSR count). The monoisotopic (exact) mass is 321 g/mol. The normalized spacial score (nSPS) is 21.1. The molecule has 0 amide bonds. The van der Waals surface area contributed by atoms with E-state index in [4.69, 9.17) is 0 Å². The van der Waals surface area contributed by atoms with Crippen molar-refractivity contribution in [1.82, 2.24) is 9.97 Å². The minimum Gasteiger partial charge on any atom is -0.369 e. The summed E-state index contributed by atoms with van der Waals surface area (Å²) in [6, 6.07) is 0. The first-order valence-corrected chi connectivity index (χ1v) is 6.86. The average molecular weight is 321 g/mol. The van der Waals surface area contributed by atoms with Gasteiger partial charge in [0.2, 0.25) is 0 Å². The van der Waals surface area contributed by atoms with Gasteiger partial charge in [0.15, 0.2) is 0 Å². The third kappa shape index (κ3) is 2.73. The molecule has 1 aliphatic rings. The zero-order chi connectivity index (χ0) is 9.80. The van der Waals surface area contributed by atoms with Gasteiger partial charge in [-0.05, 0) is 46.4 Å². The second kappa shape index (κ2) is 5.16. The summed E-state index contributed by atoms with van der Waals surface area (Å²) in [6.45, 7) is 1.04. The van der Waals surface area contributed by atoms with Crippen molar-refractivity contribution in [3.05, 3.63) is 16.1 Å². The molecular formula is C9H12IN3S. The Morgan fingerprint density at radius 1 is 1.64 bits per heavy atom. The number of aromatic nitrogens is 2. The molecule has 0 bridgehead atoms. The number of anilines is 1. The minimum atomic E-state index is 0.811. The van der Waals surface area contributed by atoms with Crippen LogP contribution in [0, 0.1) is 9.49 Å². The molecule has 1 N–H and O–H groups in total. The van der Waals surface area contributed by atoms with Crippen LogP contribution in [0.4, 0.5) is 5.82 Å². The van der Waals surface area contributed by atoms with E-state index in [2.05, 4.69) is 37.9 Å². The van der Waals surface area contributed by atoms with Crippen molar-refractivity contribution in [2.45, 2.75) is 6.42 Å². The topological polar surface area (TPSA) is 37.8 Å². The van der Waals surface area contributed by atoms with Crippen LogP contribution in [0.15, 0.2) is 12.5 Å². The van der Waals surface area contributed by atoms with Crippen molar-refractivity contribution in [1.29, 1.82) is 0 Å². The lowest BCUT2D eigenvalue weighted by molar-refractivity contribution is 0.630. The molecule has 1 saturated heterocycles. The zero-order valence-corrected chi connectivity index (χ0v) is 10.7. The number of hydrogen-bond donors (Lipinski definition) is 1. The predicted molar refractivity (Wildman–Crippen MR) is 68.7 cm³/mol. The van der Waals surface area contributed by atoms with Crippen molar-refractivity contribution in [3.63, 3.8) is 0 Å². The van der Waals surface area contributed by atoms with E-state index in [-0.39, 0.29) is 0 Å². The highest BCUT2D eigenvalue weighted by atomic mass is 127. The summed E-state index contributed by atoms with van der Waals surface area (Å²) < 4.78 is 1.09. The summed E-state index contributed by atoms with van der Waals surface area (Å²) in [5, 5.41) is 3.38. The molecular weight excluding hydrogens is 309 g/mol. The summed E-state index contributed by atoms with van der Waals surface area (Å²) >= 11 is 4.30. The van der Waals surface area contributed by atoms with Gasteiger partial charge in [-0.3, -0.25) is 0 Å². The van der Waals surface area contributed by atoms with E-state index < -0.39 is 0 Å². The number of nitrogens with zero attached hydrogens (tertiary/aromatic N) is 2. The number of halogens is 1. The quantitative estimate of drug-likeness (QED) is 0.867. The number of nitrogens with one attached hydrogen (secondary N) is 1. The van der Waals surface area contributed by atoms with Crippen LogP contribution >= 0.6 is 34.4 Å². The van der Waals surface area contributed by atoms with E-state index in [1.165, 1.54) is 17.9 Å². The highest BCUT2D eigenvalue weighted by Crippen LogP contribution is 2.24. The van der Waals surface area contributed by atoms with Crippen molar-refractivity contribution in [2.75, 3.05) is 23.4 Å². The van der Waals surface area contributed by atoms with Gasteiger partial charge in [0, 0.05) is 12.7 Å². The molecule has 76 valence electrons.